The molecule has 0 aliphatic rings. The molecule has 0 unspecified atom stereocenters. The van der Waals surface area contributed by atoms with Gasteiger partial charge in [0.1, 0.15) is 0 Å². The van der Waals surface area contributed by atoms with E-state index in [1.807, 2.05) is 18.2 Å². The molecule has 0 radical (unpaired) electrons. The third-order valence-corrected chi connectivity index (χ3v) is 6.06. The van der Waals surface area contributed by atoms with E-state index in [9.17, 15) is 19.2 Å². The quantitative estimate of drug-likeness (QED) is 0.205. The molecule has 11 heteroatoms. The Labute approximate surface area is 201 Å². The van der Waals surface area contributed by atoms with Crippen molar-refractivity contribution in [2.45, 2.75) is 5.16 Å². The van der Waals surface area contributed by atoms with E-state index in [2.05, 4.69) is 20.3 Å². The minimum Gasteiger partial charge on any atom is -0.327 e. The number of fused-ring (bicyclic) bond motifs is 1. The van der Waals surface area contributed by atoms with E-state index < -0.39 is 11.2 Å². The number of hydrogen-bond donors (Lipinski definition) is 3. The summed E-state index contributed by atoms with van der Waals surface area (Å²) < 4.78 is 0.933. The number of allylic oxidation sites excluding steroid dienone is 1. The third kappa shape index (κ3) is 5.19. The van der Waals surface area contributed by atoms with Gasteiger partial charge in [-0.05, 0) is 48.0 Å². The van der Waals surface area contributed by atoms with Crippen LogP contribution in [0.1, 0.15) is 15.9 Å². The average Bonchev–Trinajstić information content (AvgIpc) is 3.24. The lowest BCUT2D eigenvalue weighted by Gasteiger charge is -2.05. The van der Waals surface area contributed by atoms with Crippen molar-refractivity contribution in [3.8, 4) is 0 Å². The standard InChI is InChI=1S/C23H18ClN5O4S/c1-29-21(32)19-20(28-23(29)33)27-22(26-19)34-12-18(31)25-15-9-6-14(7-10-15)17(30)11-8-13-4-2-3-5-16(13)24/h2-11H,12H2,1H3,(H,25,31)(H,26,27)(H,28,33)/b11-8+. The van der Waals surface area contributed by atoms with Crippen molar-refractivity contribution in [1.82, 2.24) is 19.5 Å². The van der Waals surface area contributed by atoms with Crippen molar-refractivity contribution in [3.05, 3.63) is 91.6 Å². The lowest BCUT2D eigenvalue weighted by atomic mass is 10.1. The largest absolute Gasteiger partial charge is 0.329 e. The summed E-state index contributed by atoms with van der Waals surface area (Å²) in [6, 6.07) is 13.7. The predicted molar refractivity (Wildman–Crippen MR) is 133 cm³/mol. The van der Waals surface area contributed by atoms with Gasteiger partial charge in [0, 0.05) is 23.3 Å². The predicted octanol–water partition coefficient (Wildman–Crippen LogP) is 3.23. The number of imidazole rings is 1. The molecule has 9 nitrogen and oxygen atoms in total. The highest BCUT2D eigenvalue weighted by Gasteiger charge is 2.12. The summed E-state index contributed by atoms with van der Waals surface area (Å²) in [5.41, 5.74) is 0.968. The van der Waals surface area contributed by atoms with Gasteiger partial charge in [-0.1, -0.05) is 41.6 Å². The van der Waals surface area contributed by atoms with Gasteiger partial charge in [0.15, 0.2) is 22.1 Å². The first kappa shape index (κ1) is 23.3. The molecule has 0 bridgehead atoms. The summed E-state index contributed by atoms with van der Waals surface area (Å²) in [4.78, 5) is 57.9. The molecule has 0 aliphatic heterocycles. The van der Waals surface area contributed by atoms with Crippen LogP contribution in [0.3, 0.4) is 0 Å². The van der Waals surface area contributed by atoms with E-state index in [4.69, 9.17) is 11.6 Å². The number of nitrogens with zero attached hydrogens (tertiary/aromatic N) is 2. The number of carbonyl (C=O) groups is 2. The fraction of sp³-hybridized carbons (Fsp3) is 0.0870. The van der Waals surface area contributed by atoms with Gasteiger partial charge in [-0.15, -0.1) is 0 Å². The number of rotatable bonds is 7. The molecule has 3 N–H and O–H groups in total. The number of aromatic nitrogens is 4. The van der Waals surface area contributed by atoms with Crippen LogP contribution in [0.2, 0.25) is 5.02 Å². The Morgan fingerprint density at radius 2 is 1.85 bits per heavy atom. The molecule has 2 aromatic heterocycles. The van der Waals surface area contributed by atoms with Crippen LogP contribution in [-0.2, 0) is 11.8 Å². The summed E-state index contributed by atoms with van der Waals surface area (Å²) in [5, 5.41) is 3.62. The SMILES string of the molecule is Cn1c(=O)[nH]c2nc(SCC(=O)Nc3ccc(C(=O)/C=C/c4ccccc4Cl)cc3)[nH]c2c1=O. The molecule has 4 aromatic rings. The number of H-pyrrole nitrogens is 2. The number of thioether (sulfide) groups is 1. The number of nitrogens with one attached hydrogen (secondary N) is 3. The molecular weight excluding hydrogens is 478 g/mol. The fourth-order valence-electron chi connectivity index (χ4n) is 3.03. The second-order valence-corrected chi connectivity index (χ2v) is 8.56. The minimum atomic E-state index is -0.570. The number of aromatic amines is 2. The molecule has 0 spiro atoms. The lowest BCUT2D eigenvalue weighted by molar-refractivity contribution is -0.113. The number of benzene rings is 2. The Kier molecular flexibility index (Phi) is 6.80. The van der Waals surface area contributed by atoms with Crippen molar-refractivity contribution in [3.63, 3.8) is 0 Å². The Hall–Kier alpha value is -3.89. The molecule has 0 aliphatic carbocycles. The highest BCUT2D eigenvalue weighted by atomic mass is 35.5. The number of anilines is 1. The average molecular weight is 496 g/mol. The highest BCUT2D eigenvalue weighted by molar-refractivity contribution is 7.99. The van der Waals surface area contributed by atoms with Crippen LogP contribution in [0, 0.1) is 0 Å². The number of hydrogen-bond acceptors (Lipinski definition) is 6. The molecule has 2 aromatic carbocycles. The van der Waals surface area contributed by atoms with Crippen molar-refractivity contribution in [1.29, 1.82) is 0 Å². The molecule has 0 atom stereocenters. The zero-order chi connectivity index (χ0) is 24.2. The fourth-order valence-corrected chi connectivity index (χ4v) is 3.90. The van der Waals surface area contributed by atoms with E-state index in [0.29, 0.717) is 21.4 Å². The molecule has 34 heavy (non-hydrogen) atoms. The number of halogens is 1. The second kappa shape index (κ2) is 9.94. The molecule has 172 valence electrons. The molecule has 2 heterocycles. The zero-order valence-electron chi connectivity index (χ0n) is 17.8. The summed E-state index contributed by atoms with van der Waals surface area (Å²) in [7, 11) is 1.36. The Balaban J connectivity index is 1.35. The maximum atomic E-state index is 12.4. The van der Waals surface area contributed by atoms with E-state index in [0.717, 1.165) is 21.9 Å². The molecule has 0 saturated heterocycles. The van der Waals surface area contributed by atoms with Gasteiger partial charge in [-0.3, -0.25) is 23.9 Å². The van der Waals surface area contributed by atoms with Crippen molar-refractivity contribution in [2.75, 3.05) is 11.1 Å². The van der Waals surface area contributed by atoms with Crippen LogP contribution in [0.15, 0.2) is 69.4 Å². The van der Waals surface area contributed by atoms with Gasteiger partial charge >= 0.3 is 5.69 Å². The second-order valence-electron chi connectivity index (χ2n) is 7.19. The number of amides is 1. The Morgan fingerprint density at radius 1 is 1.12 bits per heavy atom. The molecule has 0 fully saturated rings. The normalized spacial score (nSPS) is 11.2. The minimum absolute atomic E-state index is 0.0195. The first-order chi connectivity index (χ1) is 16.3. The lowest BCUT2D eigenvalue weighted by Crippen LogP contribution is -2.32. The highest BCUT2D eigenvalue weighted by Crippen LogP contribution is 2.18. The van der Waals surface area contributed by atoms with Crippen LogP contribution in [-0.4, -0.2) is 37.0 Å². The van der Waals surface area contributed by atoms with Gasteiger partial charge in [0.25, 0.3) is 5.56 Å². The van der Waals surface area contributed by atoms with Crippen molar-refractivity contribution < 1.29 is 9.59 Å². The van der Waals surface area contributed by atoms with Crippen LogP contribution in [0.5, 0.6) is 0 Å². The number of ketones is 1. The number of carbonyl (C=O) groups excluding carboxylic acids is 2. The maximum absolute atomic E-state index is 12.4. The van der Waals surface area contributed by atoms with Crippen LogP contribution in [0.25, 0.3) is 17.2 Å². The zero-order valence-corrected chi connectivity index (χ0v) is 19.4. The third-order valence-electron chi connectivity index (χ3n) is 4.84. The van der Waals surface area contributed by atoms with Gasteiger partial charge in [0.05, 0.1) is 5.75 Å². The summed E-state index contributed by atoms with van der Waals surface area (Å²) >= 11 is 7.17. The van der Waals surface area contributed by atoms with E-state index >= 15 is 0 Å². The Morgan fingerprint density at radius 3 is 2.59 bits per heavy atom. The summed E-state index contributed by atoms with van der Waals surface area (Å²) in [5.74, 6) is -0.474. The van der Waals surface area contributed by atoms with Gasteiger partial charge < -0.3 is 10.3 Å². The maximum Gasteiger partial charge on any atom is 0.329 e. The van der Waals surface area contributed by atoms with Gasteiger partial charge in [0.2, 0.25) is 5.91 Å². The smallest absolute Gasteiger partial charge is 0.327 e. The van der Waals surface area contributed by atoms with Crippen LogP contribution in [0.4, 0.5) is 5.69 Å². The molecule has 0 saturated carbocycles. The first-order valence-electron chi connectivity index (χ1n) is 10.0. The van der Waals surface area contributed by atoms with E-state index in [1.54, 1.807) is 36.4 Å². The van der Waals surface area contributed by atoms with Crippen molar-refractivity contribution >= 4 is 58.0 Å². The van der Waals surface area contributed by atoms with Crippen LogP contribution >= 0.6 is 23.4 Å². The summed E-state index contributed by atoms with van der Waals surface area (Å²) in [6.45, 7) is 0. The monoisotopic (exact) mass is 495 g/mol. The van der Waals surface area contributed by atoms with E-state index in [-0.39, 0.29) is 28.6 Å². The summed E-state index contributed by atoms with van der Waals surface area (Å²) in [6.07, 6.45) is 3.10. The van der Waals surface area contributed by atoms with Gasteiger partial charge in [-0.25, -0.2) is 9.78 Å². The first-order valence-corrected chi connectivity index (χ1v) is 11.4. The molecular formula is C23H18ClN5O4S. The Bertz CT molecular complexity index is 1540. The van der Waals surface area contributed by atoms with E-state index in [1.165, 1.54) is 13.1 Å². The molecule has 1 amide bonds. The van der Waals surface area contributed by atoms with Crippen molar-refractivity contribution in [2.24, 2.45) is 7.05 Å². The molecule has 4 rings (SSSR count). The van der Waals surface area contributed by atoms with Crippen LogP contribution < -0.4 is 16.6 Å². The van der Waals surface area contributed by atoms with Gasteiger partial charge in [-0.2, -0.15) is 0 Å². The topological polar surface area (TPSA) is 130 Å².